The highest BCUT2D eigenvalue weighted by Crippen LogP contribution is 2.24. The maximum absolute atomic E-state index is 12.0. The molecule has 0 saturated carbocycles. The SMILES string of the molecule is CC(C)(C)c1ccc(OC[C@H](O)CNC(=O)Nc2ccc3c(c2)COC3)cc1. The molecule has 0 saturated heterocycles. The Morgan fingerprint density at radius 3 is 2.57 bits per heavy atom. The minimum Gasteiger partial charge on any atom is -0.491 e. The fourth-order valence-electron chi connectivity index (χ4n) is 2.94. The summed E-state index contributed by atoms with van der Waals surface area (Å²) in [4.78, 5) is 12.0. The van der Waals surface area contributed by atoms with Gasteiger partial charge in [-0.05, 0) is 46.4 Å². The molecule has 0 aliphatic carbocycles. The lowest BCUT2D eigenvalue weighted by Crippen LogP contribution is -2.37. The third-order valence-corrected chi connectivity index (χ3v) is 4.64. The number of nitrogens with one attached hydrogen (secondary N) is 2. The van der Waals surface area contributed by atoms with Crippen molar-refractivity contribution in [3.63, 3.8) is 0 Å². The number of hydrogen-bond acceptors (Lipinski definition) is 4. The van der Waals surface area contributed by atoms with Crippen molar-refractivity contribution in [2.75, 3.05) is 18.5 Å². The first-order valence-corrected chi connectivity index (χ1v) is 9.47. The second-order valence-electron chi connectivity index (χ2n) is 8.05. The average molecular weight is 384 g/mol. The number of benzene rings is 2. The molecule has 3 rings (SSSR count). The Labute approximate surface area is 165 Å². The van der Waals surface area contributed by atoms with Gasteiger partial charge in [-0.25, -0.2) is 4.79 Å². The van der Waals surface area contributed by atoms with Crippen LogP contribution in [0.4, 0.5) is 10.5 Å². The van der Waals surface area contributed by atoms with Gasteiger partial charge in [0.15, 0.2) is 0 Å². The van der Waals surface area contributed by atoms with Crippen molar-refractivity contribution in [2.45, 2.75) is 45.5 Å². The molecule has 6 nitrogen and oxygen atoms in total. The van der Waals surface area contributed by atoms with E-state index in [1.807, 2.05) is 42.5 Å². The fourth-order valence-corrected chi connectivity index (χ4v) is 2.94. The molecule has 0 radical (unpaired) electrons. The Kier molecular flexibility index (Phi) is 6.21. The van der Waals surface area contributed by atoms with Crippen LogP contribution >= 0.6 is 0 Å². The molecule has 0 spiro atoms. The molecule has 3 N–H and O–H groups in total. The van der Waals surface area contributed by atoms with Crippen LogP contribution in [-0.4, -0.2) is 30.4 Å². The van der Waals surface area contributed by atoms with Crippen molar-refractivity contribution in [3.8, 4) is 5.75 Å². The molecule has 0 aromatic heterocycles. The molecule has 6 heteroatoms. The van der Waals surface area contributed by atoms with Crippen LogP contribution < -0.4 is 15.4 Å². The van der Waals surface area contributed by atoms with Crippen molar-refractivity contribution in [2.24, 2.45) is 0 Å². The first-order valence-electron chi connectivity index (χ1n) is 9.47. The largest absolute Gasteiger partial charge is 0.491 e. The van der Waals surface area contributed by atoms with E-state index in [4.69, 9.17) is 9.47 Å². The van der Waals surface area contributed by atoms with Gasteiger partial charge in [0.1, 0.15) is 18.5 Å². The van der Waals surface area contributed by atoms with Crippen LogP contribution in [0.1, 0.15) is 37.5 Å². The smallest absolute Gasteiger partial charge is 0.319 e. The number of anilines is 1. The van der Waals surface area contributed by atoms with E-state index >= 15 is 0 Å². The van der Waals surface area contributed by atoms with Gasteiger partial charge in [-0.2, -0.15) is 0 Å². The quantitative estimate of drug-likeness (QED) is 0.711. The highest BCUT2D eigenvalue weighted by molar-refractivity contribution is 5.89. The molecule has 28 heavy (non-hydrogen) atoms. The Balaban J connectivity index is 1.40. The molecule has 0 fully saturated rings. The molecule has 1 aliphatic heterocycles. The normalized spacial score (nSPS) is 14.3. The van der Waals surface area contributed by atoms with Crippen molar-refractivity contribution in [1.82, 2.24) is 5.32 Å². The van der Waals surface area contributed by atoms with Crippen molar-refractivity contribution in [1.29, 1.82) is 0 Å². The number of amides is 2. The van der Waals surface area contributed by atoms with E-state index in [9.17, 15) is 9.90 Å². The number of urea groups is 1. The lowest BCUT2D eigenvalue weighted by Gasteiger charge is -2.19. The minimum absolute atomic E-state index is 0.0845. The van der Waals surface area contributed by atoms with Gasteiger partial charge < -0.3 is 25.2 Å². The van der Waals surface area contributed by atoms with E-state index < -0.39 is 6.10 Å². The zero-order chi connectivity index (χ0) is 20.1. The van der Waals surface area contributed by atoms with Crippen LogP contribution in [0.3, 0.4) is 0 Å². The van der Waals surface area contributed by atoms with Gasteiger partial charge in [0, 0.05) is 12.2 Å². The topological polar surface area (TPSA) is 79.8 Å². The van der Waals surface area contributed by atoms with Crippen molar-refractivity contribution >= 4 is 11.7 Å². The van der Waals surface area contributed by atoms with E-state index in [0.717, 1.165) is 11.1 Å². The van der Waals surface area contributed by atoms with Crippen LogP contribution in [0.2, 0.25) is 0 Å². The summed E-state index contributed by atoms with van der Waals surface area (Å²) in [5.41, 5.74) is 4.24. The lowest BCUT2D eigenvalue weighted by molar-refractivity contribution is 0.108. The monoisotopic (exact) mass is 384 g/mol. The fraction of sp³-hybridized carbons (Fsp3) is 0.409. The van der Waals surface area contributed by atoms with Gasteiger partial charge in [0.2, 0.25) is 0 Å². The zero-order valence-corrected chi connectivity index (χ0v) is 16.6. The van der Waals surface area contributed by atoms with Gasteiger partial charge >= 0.3 is 6.03 Å². The summed E-state index contributed by atoms with van der Waals surface area (Å²) in [6.45, 7) is 7.84. The summed E-state index contributed by atoms with van der Waals surface area (Å²) < 4.78 is 11.0. The van der Waals surface area contributed by atoms with Gasteiger partial charge in [-0.1, -0.05) is 39.0 Å². The number of carbonyl (C=O) groups excluding carboxylic acids is 1. The highest BCUT2D eigenvalue weighted by Gasteiger charge is 2.14. The number of carbonyl (C=O) groups is 1. The van der Waals surface area contributed by atoms with Crippen LogP contribution in [-0.2, 0) is 23.4 Å². The predicted molar refractivity (Wildman–Crippen MR) is 109 cm³/mol. The van der Waals surface area contributed by atoms with E-state index in [0.29, 0.717) is 24.7 Å². The molecular weight excluding hydrogens is 356 g/mol. The maximum atomic E-state index is 12.0. The van der Waals surface area contributed by atoms with Crippen LogP contribution in [0, 0.1) is 0 Å². The first kappa shape index (κ1) is 20.2. The van der Waals surface area contributed by atoms with E-state index in [2.05, 4.69) is 31.4 Å². The van der Waals surface area contributed by atoms with Crippen LogP contribution in [0.15, 0.2) is 42.5 Å². The summed E-state index contributed by atoms with van der Waals surface area (Å²) in [6, 6.07) is 13.2. The minimum atomic E-state index is -0.804. The average Bonchev–Trinajstić information content (AvgIpc) is 3.12. The summed E-state index contributed by atoms with van der Waals surface area (Å²) in [7, 11) is 0. The number of aliphatic hydroxyl groups excluding tert-OH is 1. The highest BCUT2D eigenvalue weighted by atomic mass is 16.5. The van der Waals surface area contributed by atoms with Crippen molar-refractivity contribution < 1.29 is 19.4 Å². The molecule has 2 amide bonds. The summed E-state index contributed by atoms with van der Waals surface area (Å²) in [5, 5.41) is 15.5. The number of hydrogen-bond donors (Lipinski definition) is 3. The molecule has 0 unspecified atom stereocenters. The van der Waals surface area contributed by atoms with Gasteiger partial charge in [-0.15, -0.1) is 0 Å². The number of aliphatic hydroxyl groups is 1. The number of rotatable bonds is 6. The molecule has 2 aromatic rings. The molecule has 2 aromatic carbocycles. The van der Waals surface area contributed by atoms with E-state index in [-0.39, 0.29) is 24.6 Å². The molecule has 1 aliphatic rings. The zero-order valence-electron chi connectivity index (χ0n) is 16.6. The number of fused-ring (bicyclic) bond motifs is 1. The Hall–Kier alpha value is -2.57. The van der Waals surface area contributed by atoms with Crippen LogP contribution in [0.5, 0.6) is 5.75 Å². The lowest BCUT2D eigenvalue weighted by atomic mass is 9.87. The molecule has 0 bridgehead atoms. The van der Waals surface area contributed by atoms with Gasteiger partial charge in [0.05, 0.1) is 13.2 Å². The molecule has 1 heterocycles. The Morgan fingerprint density at radius 2 is 1.86 bits per heavy atom. The molecular formula is C22H28N2O4. The predicted octanol–water partition coefficient (Wildman–Crippen LogP) is 3.58. The summed E-state index contributed by atoms with van der Waals surface area (Å²) in [5.74, 6) is 0.692. The second kappa shape index (κ2) is 8.63. The van der Waals surface area contributed by atoms with Gasteiger partial charge in [-0.3, -0.25) is 0 Å². The molecule has 1 atom stereocenters. The van der Waals surface area contributed by atoms with E-state index in [1.165, 1.54) is 5.56 Å². The maximum Gasteiger partial charge on any atom is 0.319 e. The second-order valence-corrected chi connectivity index (χ2v) is 8.05. The standard InChI is InChI=1S/C22H28N2O4/c1-22(2,3)17-5-8-20(9-6-17)28-14-19(25)11-23-21(26)24-18-7-4-15-12-27-13-16(15)10-18/h4-10,19,25H,11-14H2,1-3H3,(H2,23,24,26)/t19-/m1/s1. The summed E-state index contributed by atoms with van der Waals surface area (Å²) >= 11 is 0. The van der Waals surface area contributed by atoms with Crippen molar-refractivity contribution in [3.05, 3.63) is 59.2 Å². The Morgan fingerprint density at radius 1 is 1.14 bits per heavy atom. The Bertz CT molecular complexity index is 812. The summed E-state index contributed by atoms with van der Waals surface area (Å²) in [6.07, 6.45) is -0.804. The van der Waals surface area contributed by atoms with Crippen LogP contribution in [0.25, 0.3) is 0 Å². The molecule has 150 valence electrons. The van der Waals surface area contributed by atoms with Gasteiger partial charge in [0.25, 0.3) is 0 Å². The number of ether oxygens (including phenoxy) is 2. The third kappa shape index (κ3) is 5.47. The van der Waals surface area contributed by atoms with E-state index in [1.54, 1.807) is 0 Å². The first-order chi connectivity index (χ1) is 13.3. The third-order valence-electron chi connectivity index (χ3n) is 4.64.